The Morgan fingerprint density at radius 2 is 0.462 bits per heavy atom. The molecule has 1 atom stereocenters. The van der Waals surface area contributed by atoms with Crippen LogP contribution in [-0.2, 0) is 28.6 Å². The Morgan fingerprint density at radius 1 is 0.256 bits per heavy atom. The molecule has 0 aliphatic carbocycles. The van der Waals surface area contributed by atoms with Crippen molar-refractivity contribution in [2.75, 3.05) is 13.2 Å². The average Bonchev–Trinajstić information content (AvgIpc) is 3.44. The van der Waals surface area contributed by atoms with Gasteiger partial charge >= 0.3 is 17.9 Å². The van der Waals surface area contributed by atoms with Gasteiger partial charge in [-0.2, -0.15) is 0 Å². The summed E-state index contributed by atoms with van der Waals surface area (Å²) in [6.07, 6.45) is 84.3. The van der Waals surface area contributed by atoms with E-state index in [1.807, 2.05) is 0 Å². The summed E-state index contributed by atoms with van der Waals surface area (Å²) in [6, 6.07) is 0. The van der Waals surface area contributed by atoms with E-state index < -0.39 is 6.10 Å². The lowest BCUT2D eigenvalue weighted by Gasteiger charge is -2.18. The first kappa shape index (κ1) is 75.4. The van der Waals surface area contributed by atoms with Crippen LogP contribution in [0, 0.1) is 0 Å². The maximum Gasteiger partial charge on any atom is 0.306 e. The van der Waals surface area contributed by atoms with Crippen molar-refractivity contribution in [3.63, 3.8) is 0 Å². The predicted octanol–water partition coefficient (Wildman–Crippen LogP) is 23.7. The maximum absolute atomic E-state index is 12.9. The molecule has 0 saturated carbocycles. The number of carbonyl (C=O) groups excluding carboxylic acids is 3. The lowest BCUT2D eigenvalue weighted by molar-refractivity contribution is -0.167. The molecule has 0 aromatic rings. The van der Waals surface area contributed by atoms with Gasteiger partial charge in [0, 0.05) is 19.3 Å². The van der Waals surface area contributed by atoms with Crippen LogP contribution in [0.1, 0.15) is 374 Å². The van der Waals surface area contributed by atoms with Gasteiger partial charge in [0.1, 0.15) is 13.2 Å². The van der Waals surface area contributed by atoms with Crippen molar-refractivity contribution >= 4 is 17.9 Å². The number of carbonyl (C=O) groups is 3. The number of hydrogen-bond acceptors (Lipinski definition) is 6. The van der Waals surface area contributed by atoms with Gasteiger partial charge in [0.2, 0.25) is 0 Å². The van der Waals surface area contributed by atoms with Gasteiger partial charge in [-0.15, -0.1) is 0 Å². The summed E-state index contributed by atoms with van der Waals surface area (Å²) in [4.78, 5) is 38.3. The molecule has 0 fully saturated rings. The highest BCUT2D eigenvalue weighted by Gasteiger charge is 2.19. The summed E-state index contributed by atoms with van der Waals surface area (Å²) in [5.74, 6) is -0.871. The van der Waals surface area contributed by atoms with Crippen LogP contribution < -0.4 is 0 Å². The second-order valence-corrected chi connectivity index (χ2v) is 23.4. The molecule has 6 nitrogen and oxygen atoms in total. The lowest BCUT2D eigenvalue weighted by Crippen LogP contribution is -2.30. The quantitative estimate of drug-likeness (QED) is 0.0261. The van der Waals surface area contributed by atoms with E-state index in [1.165, 1.54) is 257 Å². The van der Waals surface area contributed by atoms with Crippen molar-refractivity contribution in [2.24, 2.45) is 0 Å². The Labute approximate surface area is 486 Å². The minimum atomic E-state index is -0.780. The molecule has 6 heteroatoms. The molecule has 0 aliphatic rings. The molecule has 0 spiro atoms. The first-order chi connectivity index (χ1) is 38.5. The third-order valence-electron chi connectivity index (χ3n) is 15.5. The predicted molar refractivity (Wildman–Crippen MR) is 339 cm³/mol. The largest absolute Gasteiger partial charge is 0.462 e. The van der Waals surface area contributed by atoms with Crippen LogP contribution in [0.15, 0.2) is 48.6 Å². The molecular weight excluding hydrogens is 961 g/mol. The van der Waals surface area contributed by atoms with Crippen LogP contribution in [0.5, 0.6) is 0 Å². The van der Waals surface area contributed by atoms with Crippen LogP contribution in [0.3, 0.4) is 0 Å². The zero-order valence-corrected chi connectivity index (χ0v) is 52.5. The molecular formula is C72H132O6. The zero-order valence-electron chi connectivity index (χ0n) is 52.5. The fraction of sp³-hybridized carbons (Fsp3) is 0.847. The smallest absolute Gasteiger partial charge is 0.306 e. The minimum absolute atomic E-state index is 0.0756. The minimum Gasteiger partial charge on any atom is -0.462 e. The number of rotatable bonds is 64. The van der Waals surface area contributed by atoms with E-state index in [1.54, 1.807) is 0 Å². The maximum atomic E-state index is 12.9. The van der Waals surface area contributed by atoms with Crippen molar-refractivity contribution in [2.45, 2.75) is 380 Å². The normalized spacial score (nSPS) is 12.3. The molecule has 0 rings (SSSR count). The Morgan fingerprint density at radius 3 is 0.731 bits per heavy atom. The Balaban J connectivity index is 4.20. The van der Waals surface area contributed by atoms with Crippen molar-refractivity contribution in [1.29, 1.82) is 0 Å². The first-order valence-electron chi connectivity index (χ1n) is 34.6. The lowest BCUT2D eigenvalue weighted by atomic mass is 10.0. The Bertz CT molecular complexity index is 1350. The average molecular weight is 1090 g/mol. The van der Waals surface area contributed by atoms with Crippen molar-refractivity contribution in [1.82, 2.24) is 0 Å². The number of hydrogen-bond donors (Lipinski definition) is 0. The first-order valence-corrected chi connectivity index (χ1v) is 34.6. The summed E-state index contributed by atoms with van der Waals surface area (Å²) in [6.45, 7) is 6.65. The fourth-order valence-electron chi connectivity index (χ4n) is 10.3. The van der Waals surface area contributed by atoms with E-state index in [2.05, 4.69) is 69.4 Å². The molecule has 1 unspecified atom stereocenters. The molecule has 0 aromatic heterocycles. The fourth-order valence-corrected chi connectivity index (χ4v) is 10.3. The van der Waals surface area contributed by atoms with E-state index in [4.69, 9.17) is 14.2 Å². The van der Waals surface area contributed by atoms with E-state index in [0.29, 0.717) is 19.3 Å². The van der Waals surface area contributed by atoms with Crippen molar-refractivity contribution in [3.05, 3.63) is 48.6 Å². The Kier molecular flexibility index (Phi) is 64.6. The van der Waals surface area contributed by atoms with Crippen LogP contribution in [-0.4, -0.2) is 37.2 Å². The SMILES string of the molecule is CCCCCC/C=C\C/C=C\CCCCCCCCCC(=O)OC(COC(=O)CCCCCCC/C=C\CCCCCC)COC(=O)CCCCCCCCCCCCCCCCCCC/C=C\CCCCCCCCCC. The molecule has 0 amide bonds. The summed E-state index contributed by atoms with van der Waals surface area (Å²) in [7, 11) is 0. The number of unbranched alkanes of at least 4 members (excludes halogenated alkanes) is 45. The third-order valence-corrected chi connectivity index (χ3v) is 15.5. The van der Waals surface area contributed by atoms with E-state index in [9.17, 15) is 14.4 Å². The molecule has 0 bridgehead atoms. The van der Waals surface area contributed by atoms with Gasteiger partial charge in [-0.25, -0.2) is 0 Å². The van der Waals surface area contributed by atoms with Gasteiger partial charge in [0.05, 0.1) is 0 Å². The zero-order chi connectivity index (χ0) is 56.4. The van der Waals surface area contributed by atoms with Crippen molar-refractivity contribution < 1.29 is 28.6 Å². The van der Waals surface area contributed by atoms with Gasteiger partial charge < -0.3 is 14.2 Å². The van der Waals surface area contributed by atoms with Gasteiger partial charge in [0.15, 0.2) is 6.10 Å². The van der Waals surface area contributed by atoms with E-state index in [0.717, 1.165) is 77.0 Å². The van der Waals surface area contributed by atoms with E-state index in [-0.39, 0.29) is 31.1 Å². The third kappa shape index (κ3) is 64.2. The van der Waals surface area contributed by atoms with Gasteiger partial charge in [-0.3, -0.25) is 14.4 Å². The number of esters is 3. The molecule has 0 radical (unpaired) electrons. The van der Waals surface area contributed by atoms with Gasteiger partial charge in [-0.05, 0) is 103 Å². The molecule has 0 heterocycles. The molecule has 0 aromatic carbocycles. The topological polar surface area (TPSA) is 78.9 Å². The van der Waals surface area contributed by atoms with E-state index >= 15 is 0 Å². The molecule has 0 N–H and O–H groups in total. The van der Waals surface area contributed by atoms with Gasteiger partial charge in [0.25, 0.3) is 0 Å². The van der Waals surface area contributed by atoms with Crippen LogP contribution in [0.4, 0.5) is 0 Å². The van der Waals surface area contributed by atoms with Crippen LogP contribution in [0.2, 0.25) is 0 Å². The Hall–Kier alpha value is -2.63. The van der Waals surface area contributed by atoms with Crippen molar-refractivity contribution in [3.8, 4) is 0 Å². The molecule has 456 valence electrons. The highest BCUT2D eigenvalue weighted by atomic mass is 16.6. The van der Waals surface area contributed by atoms with Gasteiger partial charge in [-0.1, -0.05) is 301 Å². The summed E-state index contributed by atoms with van der Waals surface area (Å²) in [5.41, 5.74) is 0. The summed E-state index contributed by atoms with van der Waals surface area (Å²) >= 11 is 0. The molecule has 78 heavy (non-hydrogen) atoms. The second-order valence-electron chi connectivity index (χ2n) is 23.4. The molecule has 0 saturated heterocycles. The molecule has 0 aliphatic heterocycles. The van der Waals surface area contributed by atoms with Crippen LogP contribution in [0.25, 0.3) is 0 Å². The highest BCUT2D eigenvalue weighted by Crippen LogP contribution is 2.18. The second kappa shape index (κ2) is 66.9. The van der Waals surface area contributed by atoms with Crippen LogP contribution >= 0.6 is 0 Å². The monoisotopic (exact) mass is 1090 g/mol. The number of allylic oxidation sites excluding steroid dienone is 8. The number of ether oxygens (including phenoxy) is 3. The standard InChI is InChI=1S/C72H132O6/c1-4-7-10-13-16-19-22-25-27-29-31-32-33-34-35-36-37-38-39-40-41-43-44-47-50-53-56-59-62-65-71(74)77-68-69(67-76-70(73)64-61-58-55-52-49-46-24-21-18-15-12-9-6-3)78-72(75)66-63-60-57-54-51-48-45-42-30-28-26-23-20-17-14-11-8-5-2/h20-21,23-24,28-31,69H,4-19,22,25-27,32-68H2,1-3H3/b23-20-,24-21-,30-28-,31-29-. The highest BCUT2D eigenvalue weighted by molar-refractivity contribution is 5.71. The summed E-state index contributed by atoms with van der Waals surface area (Å²) < 4.78 is 16.9. The summed E-state index contributed by atoms with van der Waals surface area (Å²) in [5, 5.41) is 0.